The zero-order chi connectivity index (χ0) is 20.9. The predicted octanol–water partition coefficient (Wildman–Crippen LogP) is 7.10. The lowest BCUT2D eigenvalue weighted by Gasteiger charge is -2.11. The van der Waals surface area contributed by atoms with Crippen molar-refractivity contribution in [3.05, 3.63) is 59.4 Å². The Morgan fingerprint density at radius 1 is 0.871 bits per heavy atom. The number of fused-ring (bicyclic) bond motifs is 3. The van der Waals surface area contributed by atoms with Crippen LogP contribution in [0.1, 0.15) is 80.0 Å². The van der Waals surface area contributed by atoms with Crippen molar-refractivity contribution in [1.82, 2.24) is 4.98 Å². The molecule has 31 heavy (non-hydrogen) atoms. The van der Waals surface area contributed by atoms with Gasteiger partial charge in [-0.2, -0.15) is 0 Å². The first-order valence-electron chi connectivity index (χ1n) is 12.0. The number of aryl methyl sites for hydroxylation is 2. The van der Waals surface area contributed by atoms with E-state index < -0.39 is 0 Å². The summed E-state index contributed by atoms with van der Waals surface area (Å²) < 4.78 is 8.76. The molecule has 0 amide bonds. The van der Waals surface area contributed by atoms with Gasteiger partial charge in [-0.15, -0.1) is 0 Å². The summed E-state index contributed by atoms with van der Waals surface area (Å²) >= 11 is 0. The van der Waals surface area contributed by atoms with Gasteiger partial charge in [0.1, 0.15) is 7.05 Å². The molecule has 2 fully saturated rings. The number of hydrogen-bond acceptors (Lipinski definition) is 2. The minimum Gasteiger partial charge on any atom is -0.437 e. The summed E-state index contributed by atoms with van der Waals surface area (Å²) in [6.45, 7) is 2.20. The van der Waals surface area contributed by atoms with E-state index in [4.69, 9.17) is 9.40 Å². The molecule has 158 valence electrons. The topological polar surface area (TPSA) is 29.9 Å². The molecule has 3 aromatic heterocycles. The molecule has 0 unspecified atom stereocenters. The fraction of sp³-hybridized carbons (Fsp3) is 0.429. The van der Waals surface area contributed by atoms with Crippen LogP contribution in [0.4, 0.5) is 0 Å². The molecule has 0 N–H and O–H groups in total. The van der Waals surface area contributed by atoms with Crippen molar-refractivity contribution in [2.75, 3.05) is 0 Å². The maximum absolute atomic E-state index is 6.51. The van der Waals surface area contributed by atoms with Gasteiger partial charge in [0, 0.05) is 34.5 Å². The Balaban J connectivity index is 1.53. The number of benzene rings is 1. The van der Waals surface area contributed by atoms with E-state index in [-0.39, 0.29) is 0 Å². The Bertz CT molecular complexity index is 1270. The molecule has 2 aliphatic carbocycles. The van der Waals surface area contributed by atoms with Gasteiger partial charge in [0.25, 0.3) is 0 Å². The van der Waals surface area contributed by atoms with E-state index >= 15 is 0 Å². The molecule has 3 nitrogen and oxygen atoms in total. The van der Waals surface area contributed by atoms with Gasteiger partial charge in [-0.25, -0.2) is 9.55 Å². The maximum Gasteiger partial charge on any atom is 0.227 e. The Kier molecular flexibility index (Phi) is 4.59. The molecule has 0 atom stereocenters. The largest absolute Gasteiger partial charge is 0.437 e. The van der Waals surface area contributed by atoms with Crippen LogP contribution in [0.25, 0.3) is 33.3 Å². The summed E-state index contributed by atoms with van der Waals surface area (Å²) in [6, 6.07) is 13.6. The Hall–Kier alpha value is -2.68. The average molecular weight is 412 g/mol. The molecular formula is C28H31N2O+. The smallest absolute Gasteiger partial charge is 0.227 e. The second-order valence-corrected chi connectivity index (χ2v) is 9.74. The van der Waals surface area contributed by atoms with Crippen molar-refractivity contribution in [2.45, 2.75) is 70.1 Å². The van der Waals surface area contributed by atoms with Crippen molar-refractivity contribution >= 4 is 22.1 Å². The van der Waals surface area contributed by atoms with Crippen molar-refractivity contribution in [3.8, 4) is 11.3 Å². The molecule has 0 radical (unpaired) electrons. The van der Waals surface area contributed by atoms with Crippen molar-refractivity contribution < 1.29 is 8.98 Å². The van der Waals surface area contributed by atoms with Crippen LogP contribution in [0.3, 0.4) is 0 Å². The van der Waals surface area contributed by atoms with Crippen molar-refractivity contribution in [2.24, 2.45) is 7.05 Å². The number of nitrogens with zero attached hydrogens (tertiary/aromatic N) is 2. The molecule has 0 aliphatic heterocycles. The number of hydrogen-bond donors (Lipinski definition) is 0. The van der Waals surface area contributed by atoms with Crippen LogP contribution >= 0.6 is 0 Å². The van der Waals surface area contributed by atoms with Crippen LogP contribution in [0.15, 0.2) is 47.0 Å². The second-order valence-electron chi connectivity index (χ2n) is 9.74. The highest BCUT2D eigenvalue weighted by Gasteiger charge is 2.25. The van der Waals surface area contributed by atoms with Crippen molar-refractivity contribution in [1.29, 1.82) is 0 Å². The van der Waals surface area contributed by atoms with Crippen LogP contribution in [-0.2, 0) is 7.05 Å². The van der Waals surface area contributed by atoms with E-state index in [0.29, 0.717) is 11.8 Å². The summed E-state index contributed by atoms with van der Waals surface area (Å²) in [7, 11) is 2.14. The van der Waals surface area contributed by atoms with Gasteiger partial charge in [-0.1, -0.05) is 37.8 Å². The molecule has 0 spiro atoms. The third kappa shape index (κ3) is 3.17. The third-order valence-corrected chi connectivity index (χ3v) is 7.77. The molecule has 3 heteroatoms. The molecule has 4 aromatic rings. The van der Waals surface area contributed by atoms with Crippen LogP contribution in [0.2, 0.25) is 0 Å². The van der Waals surface area contributed by atoms with Gasteiger partial charge in [0.15, 0.2) is 11.8 Å². The van der Waals surface area contributed by atoms with Gasteiger partial charge >= 0.3 is 0 Å². The normalized spacial score (nSPS) is 18.0. The molecule has 0 bridgehead atoms. The van der Waals surface area contributed by atoms with E-state index in [1.54, 1.807) is 0 Å². The third-order valence-electron chi connectivity index (χ3n) is 7.77. The van der Waals surface area contributed by atoms with Gasteiger partial charge < -0.3 is 4.42 Å². The molecule has 0 saturated heterocycles. The number of furan rings is 1. The summed E-state index contributed by atoms with van der Waals surface area (Å²) in [5.74, 6) is 1.30. The predicted molar refractivity (Wildman–Crippen MR) is 125 cm³/mol. The highest BCUT2D eigenvalue weighted by atomic mass is 16.3. The standard InChI is InChI=1S/C28H31N2O/c1-18-11-12-22-23-13-14-24(20-9-5-6-10-20)29-28(23)31-27(22)26(18)25-17-21(15-16-30(25)2)19-7-3-4-8-19/h11-17,19-20H,3-10H2,1-2H3/q+1. The zero-order valence-corrected chi connectivity index (χ0v) is 18.7. The highest BCUT2D eigenvalue weighted by molar-refractivity contribution is 6.08. The SMILES string of the molecule is Cc1ccc2c(oc3nc(C4CCCC4)ccc32)c1-c1cc(C2CCCC2)cc[n+]1C. The summed E-state index contributed by atoms with van der Waals surface area (Å²) in [6.07, 6.45) is 12.7. The van der Waals surface area contributed by atoms with E-state index in [1.807, 2.05) is 0 Å². The van der Waals surface area contributed by atoms with Gasteiger partial charge in [-0.3, -0.25) is 0 Å². The lowest BCUT2D eigenvalue weighted by molar-refractivity contribution is -0.660. The average Bonchev–Trinajstić information content (AvgIpc) is 3.54. The van der Waals surface area contributed by atoms with Crippen LogP contribution in [-0.4, -0.2) is 4.98 Å². The summed E-state index contributed by atoms with van der Waals surface area (Å²) in [5.41, 5.74) is 8.14. The molecule has 6 rings (SSSR count). The zero-order valence-electron chi connectivity index (χ0n) is 18.7. The Labute approximate surface area is 184 Å². The van der Waals surface area contributed by atoms with Gasteiger partial charge in [0.05, 0.1) is 5.56 Å². The van der Waals surface area contributed by atoms with Crippen LogP contribution < -0.4 is 4.57 Å². The molecule has 3 heterocycles. The van der Waals surface area contributed by atoms with E-state index in [2.05, 4.69) is 61.1 Å². The maximum atomic E-state index is 6.51. The van der Waals surface area contributed by atoms with Gasteiger partial charge in [-0.05, 0) is 61.8 Å². The Morgan fingerprint density at radius 3 is 2.35 bits per heavy atom. The highest BCUT2D eigenvalue weighted by Crippen LogP contribution is 2.40. The van der Waals surface area contributed by atoms with Crippen LogP contribution in [0, 0.1) is 6.92 Å². The molecular weight excluding hydrogens is 380 g/mol. The Morgan fingerprint density at radius 2 is 1.58 bits per heavy atom. The van der Waals surface area contributed by atoms with E-state index in [9.17, 15) is 0 Å². The molecule has 1 aromatic carbocycles. The minimum atomic E-state index is 0.597. The fourth-order valence-corrected chi connectivity index (χ4v) is 5.95. The second kappa shape index (κ2) is 7.47. The lowest BCUT2D eigenvalue weighted by atomic mass is 9.94. The fourth-order valence-electron chi connectivity index (χ4n) is 5.95. The first-order chi connectivity index (χ1) is 15.2. The van der Waals surface area contributed by atoms with Crippen LogP contribution in [0.5, 0.6) is 0 Å². The monoisotopic (exact) mass is 411 g/mol. The number of aromatic nitrogens is 2. The number of pyridine rings is 2. The van der Waals surface area contributed by atoms with E-state index in [1.165, 1.54) is 84.8 Å². The van der Waals surface area contributed by atoms with Gasteiger partial charge in [0.2, 0.25) is 11.4 Å². The minimum absolute atomic E-state index is 0.597. The molecule has 2 saturated carbocycles. The first kappa shape index (κ1) is 19.0. The first-order valence-corrected chi connectivity index (χ1v) is 12.0. The lowest BCUT2D eigenvalue weighted by Crippen LogP contribution is -2.31. The quantitative estimate of drug-likeness (QED) is 0.337. The molecule has 2 aliphatic rings. The summed E-state index contributed by atoms with van der Waals surface area (Å²) in [4.78, 5) is 4.99. The summed E-state index contributed by atoms with van der Waals surface area (Å²) in [5, 5.41) is 2.31. The van der Waals surface area contributed by atoms with E-state index in [0.717, 1.165) is 16.7 Å². The van der Waals surface area contributed by atoms with Crippen molar-refractivity contribution in [3.63, 3.8) is 0 Å². The number of rotatable bonds is 3.